The lowest BCUT2D eigenvalue weighted by molar-refractivity contribution is 0.305. The second-order valence-electron chi connectivity index (χ2n) is 6.00. The Morgan fingerprint density at radius 2 is 1.76 bits per heavy atom. The number of anilines is 1. The number of rotatable bonds is 8. The van der Waals surface area contributed by atoms with E-state index in [1.807, 2.05) is 6.07 Å². The van der Waals surface area contributed by atoms with Gasteiger partial charge in [-0.05, 0) is 55.5 Å². The van der Waals surface area contributed by atoms with Gasteiger partial charge in [-0.1, -0.05) is 30.3 Å². The first-order valence-corrected chi connectivity index (χ1v) is 8.54. The van der Waals surface area contributed by atoms with E-state index in [0.717, 1.165) is 25.7 Å². The molecule has 2 N–H and O–H groups in total. The number of nitrogens with two attached hydrogens (primary N) is 1. The van der Waals surface area contributed by atoms with Gasteiger partial charge in [-0.25, -0.2) is 0 Å². The van der Waals surface area contributed by atoms with Crippen LogP contribution in [0.2, 0.25) is 0 Å². The molecule has 0 amide bonds. The Morgan fingerprint density at radius 3 is 2.52 bits per heavy atom. The summed E-state index contributed by atoms with van der Waals surface area (Å²) in [6.45, 7) is 0.606. The Labute approximate surface area is 147 Å². The number of hydrogen-bond acceptors (Lipinski definition) is 3. The van der Waals surface area contributed by atoms with Crippen LogP contribution in [0, 0.1) is 6.01 Å². The maximum Gasteiger partial charge on any atom is 0.278 e. The van der Waals surface area contributed by atoms with E-state index >= 15 is 0 Å². The molecule has 0 bridgehead atoms. The minimum absolute atomic E-state index is 0.420. The van der Waals surface area contributed by atoms with Gasteiger partial charge in [0.05, 0.1) is 12.2 Å². The summed E-state index contributed by atoms with van der Waals surface area (Å²) in [5.74, 6) is 1.08. The number of nitrogen functional groups attached to an aromatic ring is 1. The second-order valence-corrected chi connectivity index (χ2v) is 6.00. The summed E-state index contributed by atoms with van der Waals surface area (Å²) in [5, 5.41) is 0. The van der Waals surface area contributed by atoms with Crippen molar-refractivity contribution in [2.24, 2.45) is 0 Å². The van der Waals surface area contributed by atoms with Crippen LogP contribution in [0.3, 0.4) is 0 Å². The number of aryl methyl sites for hydroxylation is 1. The van der Waals surface area contributed by atoms with Crippen molar-refractivity contribution in [1.29, 1.82) is 0 Å². The molecule has 0 aliphatic carbocycles. The molecule has 0 spiro atoms. The summed E-state index contributed by atoms with van der Waals surface area (Å²) in [6.07, 6.45) is 4.27. The number of benzene rings is 2. The topological polar surface area (TPSA) is 48.4 Å². The van der Waals surface area contributed by atoms with Crippen molar-refractivity contribution in [3.8, 4) is 17.1 Å². The fourth-order valence-corrected chi connectivity index (χ4v) is 2.76. The first-order chi connectivity index (χ1) is 12.2. The number of furan rings is 1. The first kappa shape index (κ1) is 17.1. The average molecular weight is 339 g/mol. The predicted molar refractivity (Wildman–Crippen MR) is 98.0 cm³/mol. The van der Waals surface area contributed by atoms with Crippen LogP contribution in [0.5, 0.6) is 5.75 Å². The molecule has 0 fully saturated rings. The van der Waals surface area contributed by atoms with Crippen LogP contribution in [-0.2, 0) is 6.42 Å². The number of ether oxygens (including phenoxy) is 1. The molecule has 3 rings (SSSR count). The standard InChI is InChI=1S/C21H22FNO2/c22-21-13-12-20(25-21)18-15-17(23)10-11-19(18)24-14-6-2-5-9-16-7-3-1-4-8-16/h1,3-4,7-8,10-13,15H,2,5-6,9,14,23H2. The van der Waals surface area contributed by atoms with E-state index in [-0.39, 0.29) is 0 Å². The molecule has 3 aromatic rings. The van der Waals surface area contributed by atoms with Crippen LogP contribution in [-0.4, -0.2) is 6.61 Å². The van der Waals surface area contributed by atoms with Crippen LogP contribution in [0.25, 0.3) is 11.3 Å². The molecule has 3 nitrogen and oxygen atoms in total. The normalized spacial score (nSPS) is 10.8. The minimum Gasteiger partial charge on any atom is -0.493 e. The Morgan fingerprint density at radius 1 is 0.920 bits per heavy atom. The Balaban J connectivity index is 1.50. The zero-order valence-corrected chi connectivity index (χ0v) is 14.1. The highest BCUT2D eigenvalue weighted by Crippen LogP contribution is 2.33. The smallest absolute Gasteiger partial charge is 0.278 e. The summed E-state index contributed by atoms with van der Waals surface area (Å²) in [6, 6.07) is 18.0. The second kappa shape index (κ2) is 8.38. The van der Waals surface area contributed by atoms with Gasteiger partial charge in [0.25, 0.3) is 6.01 Å². The van der Waals surface area contributed by atoms with E-state index < -0.39 is 6.01 Å². The lowest BCUT2D eigenvalue weighted by atomic mass is 10.1. The van der Waals surface area contributed by atoms with E-state index in [4.69, 9.17) is 14.9 Å². The zero-order chi connectivity index (χ0) is 17.5. The monoisotopic (exact) mass is 339 g/mol. The molecule has 0 atom stereocenters. The van der Waals surface area contributed by atoms with Crippen molar-refractivity contribution in [1.82, 2.24) is 0 Å². The van der Waals surface area contributed by atoms with Crippen LogP contribution in [0.1, 0.15) is 24.8 Å². The largest absolute Gasteiger partial charge is 0.493 e. The Hall–Kier alpha value is -2.75. The molecule has 130 valence electrons. The third kappa shape index (κ3) is 4.86. The number of unbranched alkanes of at least 4 members (excludes halogenated alkanes) is 2. The SMILES string of the molecule is Nc1ccc(OCCCCCc2ccccc2)c(-c2ccc(F)o2)c1. The minimum atomic E-state index is -0.621. The fourth-order valence-electron chi connectivity index (χ4n) is 2.76. The van der Waals surface area contributed by atoms with Gasteiger partial charge in [-0.2, -0.15) is 4.39 Å². The summed E-state index contributed by atoms with van der Waals surface area (Å²) in [7, 11) is 0. The molecule has 1 aromatic heterocycles. The summed E-state index contributed by atoms with van der Waals surface area (Å²) in [4.78, 5) is 0. The van der Waals surface area contributed by atoms with Crippen LogP contribution >= 0.6 is 0 Å². The van der Waals surface area contributed by atoms with Crippen molar-refractivity contribution < 1.29 is 13.5 Å². The highest BCUT2D eigenvalue weighted by Gasteiger charge is 2.11. The van der Waals surface area contributed by atoms with E-state index in [0.29, 0.717) is 29.4 Å². The van der Waals surface area contributed by atoms with Crippen LogP contribution in [0.15, 0.2) is 65.1 Å². The van der Waals surface area contributed by atoms with Gasteiger partial charge in [0, 0.05) is 11.8 Å². The molecule has 0 aliphatic heterocycles. The lowest BCUT2D eigenvalue weighted by Gasteiger charge is -2.11. The zero-order valence-electron chi connectivity index (χ0n) is 14.1. The van der Waals surface area contributed by atoms with E-state index in [1.54, 1.807) is 24.3 Å². The highest BCUT2D eigenvalue weighted by molar-refractivity contribution is 5.70. The third-order valence-corrected chi connectivity index (χ3v) is 4.05. The van der Waals surface area contributed by atoms with Gasteiger partial charge < -0.3 is 14.9 Å². The quantitative estimate of drug-likeness (QED) is 0.438. The molecule has 2 aromatic carbocycles. The summed E-state index contributed by atoms with van der Waals surface area (Å²) >= 11 is 0. The first-order valence-electron chi connectivity index (χ1n) is 8.54. The number of hydrogen-bond donors (Lipinski definition) is 1. The fraction of sp³-hybridized carbons (Fsp3) is 0.238. The molecule has 25 heavy (non-hydrogen) atoms. The molecule has 0 radical (unpaired) electrons. The van der Waals surface area contributed by atoms with Gasteiger partial charge >= 0.3 is 0 Å². The number of halogens is 1. The van der Waals surface area contributed by atoms with Gasteiger partial charge in [-0.3, -0.25) is 0 Å². The molecular weight excluding hydrogens is 317 g/mol. The molecule has 4 heteroatoms. The van der Waals surface area contributed by atoms with Crippen molar-refractivity contribution in [2.45, 2.75) is 25.7 Å². The Kier molecular flexibility index (Phi) is 5.73. The average Bonchev–Trinajstić information content (AvgIpc) is 3.06. The van der Waals surface area contributed by atoms with Gasteiger partial charge in [0.2, 0.25) is 0 Å². The van der Waals surface area contributed by atoms with Gasteiger partial charge in [0.1, 0.15) is 11.5 Å². The maximum atomic E-state index is 13.1. The third-order valence-electron chi connectivity index (χ3n) is 4.05. The van der Waals surface area contributed by atoms with Crippen molar-refractivity contribution in [3.05, 3.63) is 72.2 Å². The Bertz CT molecular complexity index is 799. The molecular formula is C21H22FNO2. The van der Waals surface area contributed by atoms with Crippen molar-refractivity contribution in [2.75, 3.05) is 12.3 Å². The van der Waals surface area contributed by atoms with Crippen LogP contribution in [0.4, 0.5) is 10.1 Å². The highest BCUT2D eigenvalue weighted by atomic mass is 19.1. The molecule has 1 heterocycles. The molecule has 0 unspecified atom stereocenters. The van der Waals surface area contributed by atoms with E-state index in [1.165, 1.54) is 11.6 Å². The van der Waals surface area contributed by atoms with Gasteiger partial charge in [0.15, 0.2) is 0 Å². The van der Waals surface area contributed by atoms with E-state index in [2.05, 4.69) is 24.3 Å². The lowest BCUT2D eigenvalue weighted by Crippen LogP contribution is -2.00. The maximum absolute atomic E-state index is 13.1. The van der Waals surface area contributed by atoms with E-state index in [9.17, 15) is 4.39 Å². The van der Waals surface area contributed by atoms with Crippen molar-refractivity contribution >= 4 is 5.69 Å². The van der Waals surface area contributed by atoms with Crippen molar-refractivity contribution in [3.63, 3.8) is 0 Å². The predicted octanol–water partition coefficient (Wildman–Crippen LogP) is 5.46. The van der Waals surface area contributed by atoms with Crippen LogP contribution < -0.4 is 10.5 Å². The van der Waals surface area contributed by atoms with Gasteiger partial charge in [-0.15, -0.1) is 0 Å². The summed E-state index contributed by atoms with van der Waals surface area (Å²) < 4.78 is 24.1. The molecule has 0 saturated carbocycles. The summed E-state index contributed by atoms with van der Waals surface area (Å²) in [5.41, 5.74) is 8.45. The molecule has 0 aliphatic rings. The molecule has 0 saturated heterocycles.